The molecule has 114 valence electrons. The number of hydrogen-bond acceptors (Lipinski definition) is 6. The number of methoxy groups -OCH3 is 2. The van der Waals surface area contributed by atoms with Crippen LogP contribution in [0.3, 0.4) is 0 Å². The summed E-state index contributed by atoms with van der Waals surface area (Å²) in [5.74, 6) is -4.35. The normalized spacial score (nSPS) is 11.8. The smallest absolute Gasteiger partial charge is 0.320 e. The Hall–Kier alpha value is -2.15. The number of rotatable bonds is 6. The van der Waals surface area contributed by atoms with Crippen molar-refractivity contribution in [2.24, 2.45) is 5.92 Å². The van der Waals surface area contributed by atoms with Crippen LogP contribution in [-0.4, -0.2) is 37.6 Å². The van der Waals surface area contributed by atoms with Gasteiger partial charge in [0, 0.05) is 9.95 Å². The lowest BCUT2D eigenvalue weighted by Gasteiger charge is -2.21. The molecular formula is C13H14ClNO6. The number of esters is 2. The summed E-state index contributed by atoms with van der Waals surface area (Å²) >= 11 is 6.02. The van der Waals surface area contributed by atoms with Crippen LogP contribution in [0.25, 0.3) is 0 Å². The van der Waals surface area contributed by atoms with Crippen molar-refractivity contribution < 1.29 is 24.0 Å². The van der Waals surface area contributed by atoms with Crippen LogP contribution in [0, 0.1) is 16.0 Å². The van der Waals surface area contributed by atoms with Gasteiger partial charge in [-0.2, -0.15) is 0 Å². The molecule has 1 aromatic rings. The van der Waals surface area contributed by atoms with E-state index in [2.05, 4.69) is 9.47 Å². The predicted octanol–water partition coefficient (Wildman–Crippen LogP) is 1.66. The van der Waals surface area contributed by atoms with E-state index in [1.807, 2.05) is 0 Å². The number of benzene rings is 1. The second-order valence-electron chi connectivity index (χ2n) is 4.17. The molecule has 0 aliphatic heterocycles. The zero-order valence-electron chi connectivity index (χ0n) is 11.4. The van der Waals surface area contributed by atoms with Crippen LogP contribution in [0.15, 0.2) is 24.3 Å². The van der Waals surface area contributed by atoms with Crippen LogP contribution < -0.4 is 0 Å². The Balaban J connectivity index is 3.33. The van der Waals surface area contributed by atoms with Crippen LogP contribution in [0.5, 0.6) is 0 Å². The molecule has 0 heterocycles. The Labute approximate surface area is 125 Å². The Bertz CT molecular complexity index is 531. The van der Waals surface area contributed by atoms with Gasteiger partial charge in [0.25, 0.3) is 0 Å². The maximum absolute atomic E-state index is 11.8. The molecule has 0 N–H and O–H groups in total. The first kappa shape index (κ1) is 16.9. The highest BCUT2D eigenvalue weighted by Gasteiger charge is 2.41. The first-order valence-electron chi connectivity index (χ1n) is 5.94. The van der Waals surface area contributed by atoms with Gasteiger partial charge in [-0.25, -0.2) is 0 Å². The van der Waals surface area contributed by atoms with E-state index in [4.69, 9.17) is 11.6 Å². The highest BCUT2D eigenvalue weighted by Crippen LogP contribution is 2.32. The van der Waals surface area contributed by atoms with E-state index in [9.17, 15) is 19.7 Å². The van der Waals surface area contributed by atoms with Crippen molar-refractivity contribution in [3.05, 3.63) is 45.0 Å². The lowest BCUT2D eigenvalue weighted by Crippen LogP contribution is -2.35. The summed E-state index contributed by atoms with van der Waals surface area (Å²) < 4.78 is 9.11. The number of nitrogens with zero attached hydrogens (tertiary/aromatic N) is 1. The molecule has 0 aliphatic carbocycles. The number of ether oxygens (including phenoxy) is 2. The standard InChI is InChI=1S/C13H14ClNO6/c1-20-12(16)11(13(17)21-2)9(7-15(18)19)8-5-3-4-6-10(8)14/h3-6,9,11H,7H2,1-2H3/t9-/m1/s1. The molecule has 0 saturated carbocycles. The van der Waals surface area contributed by atoms with E-state index >= 15 is 0 Å². The van der Waals surface area contributed by atoms with Crippen molar-refractivity contribution in [2.45, 2.75) is 5.92 Å². The van der Waals surface area contributed by atoms with E-state index in [0.717, 1.165) is 14.2 Å². The monoisotopic (exact) mass is 315 g/mol. The Morgan fingerprint density at radius 2 is 1.76 bits per heavy atom. The van der Waals surface area contributed by atoms with Gasteiger partial charge in [-0.3, -0.25) is 19.7 Å². The van der Waals surface area contributed by atoms with Crippen molar-refractivity contribution in [3.63, 3.8) is 0 Å². The summed E-state index contributed by atoms with van der Waals surface area (Å²) in [6, 6.07) is 6.30. The SMILES string of the molecule is COC(=O)C(C(=O)OC)[C@H](C[N+](=O)[O-])c1ccccc1Cl. The molecule has 0 aliphatic rings. The molecule has 8 heteroatoms. The number of carbonyl (C=O) groups is 2. The minimum Gasteiger partial charge on any atom is -0.468 e. The maximum atomic E-state index is 11.8. The van der Waals surface area contributed by atoms with Gasteiger partial charge in [-0.15, -0.1) is 0 Å². The number of nitro groups is 1. The molecule has 0 bridgehead atoms. The second kappa shape index (κ2) is 7.58. The summed E-state index contributed by atoms with van der Waals surface area (Å²) in [6.45, 7) is -0.654. The fraction of sp³-hybridized carbons (Fsp3) is 0.385. The van der Waals surface area contributed by atoms with Crippen LogP contribution in [0.4, 0.5) is 0 Å². The van der Waals surface area contributed by atoms with Crippen LogP contribution in [0.2, 0.25) is 5.02 Å². The van der Waals surface area contributed by atoms with E-state index in [1.165, 1.54) is 12.1 Å². The molecule has 0 spiro atoms. The van der Waals surface area contributed by atoms with Gasteiger partial charge in [0.05, 0.1) is 20.1 Å². The van der Waals surface area contributed by atoms with Crippen LogP contribution >= 0.6 is 11.6 Å². The van der Waals surface area contributed by atoms with Gasteiger partial charge in [0.1, 0.15) is 0 Å². The first-order valence-corrected chi connectivity index (χ1v) is 6.32. The van der Waals surface area contributed by atoms with E-state index in [-0.39, 0.29) is 5.02 Å². The number of carbonyl (C=O) groups excluding carboxylic acids is 2. The number of halogens is 1. The molecular weight excluding hydrogens is 302 g/mol. The van der Waals surface area contributed by atoms with Gasteiger partial charge in [0.2, 0.25) is 6.54 Å². The van der Waals surface area contributed by atoms with Gasteiger partial charge in [-0.05, 0) is 11.6 Å². The van der Waals surface area contributed by atoms with Gasteiger partial charge in [0.15, 0.2) is 5.92 Å². The van der Waals surface area contributed by atoms with E-state index < -0.39 is 35.2 Å². The van der Waals surface area contributed by atoms with Crippen molar-refractivity contribution in [2.75, 3.05) is 20.8 Å². The molecule has 0 radical (unpaired) electrons. The lowest BCUT2D eigenvalue weighted by atomic mass is 9.85. The van der Waals surface area contributed by atoms with Crippen molar-refractivity contribution in [3.8, 4) is 0 Å². The van der Waals surface area contributed by atoms with Gasteiger partial charge >= 0.3 is 11.9 Å². The summed E-state index contributed by atoms with van der Waals surface area (Å²) in [4.78, 5) is 33.9. The van der Waals surface area contributed by atoms with Crippen LogP contribution in [0.1, 0.15) is 11.5 Å². The zero-order chi connectivity index (χ0) is 16.0. The molecule has 0 unspecified atom stereocenters. The quantitative estimate of drug-likeness (QED) is 0.343. The maximum Gasteiger partial charge on any atom is 0.320 e. The van der Waals surface area contributed by atoms with Crippen molar-refractivity contribution in [1.29, 1.82) is 0 Å². The summed E-state index contributed by atoms with van der Waals surface area (Å²) in [7, 11) is 2.18. The topological polar surface area (TPSA) is 95.7 Å². The molecule has 7 nitrogen and oxygen atoms in total. The average Bonchev–Trinajstić information content (AvgIpc) is 2.46. The minimum absolute atomic E-state index is 0.224. The molecule has 0 fully saturated rings. The predicted molar refractivity (Wildman–Crippen MR) is 73.6 cm³/mol. The first-order chi connectivity index (χ1) is 9.92. The summed E-state index contributed by atoms with van der Waals surface area (Å²) in [6.07, 6.45) is 0. The fourth-order valence-corrected chi connectivity index (χ4v) is 2.27. The Morgan fingerprint density at radius 3 is 2.19 bits per heavy atom. The Kier molecular flexibility index (Phi) is 6.10. The molecule has 1 aromatic carbocycles. The highest BCUT2D eigenvalue weighted by molar-refractivity contribution is 6.31. The molecule has 21 heavy (non-hydrogen) atoms. The third kappa shape index (κ3) is 4.16. The number of hydrogen-bond donors (Lipinski definition) is 0. The average molecular weight is 316 g/mol. The molecule has 1 atom stereocenters. The van der Waals surface area contributed by atoms with E-state index in [0.29, 0.717) is 5.56 Å². The van der Waals surface area contributed by atoms with Crippen LogP contribution in [-0.2, 0) is 19.1 Å². The lowest BCUT2D eigenvalue weighted by molar-refractivity contribution is -0.484. The second-order valence-corrected chi connectivity index (χ2v) is 4.57. The molecule has 1 rings (SSSR count). The third-order valence-electron chi connectivity index (χ3n) is 2.96. The van der Waals surface area contributed by atoms with Gasteiger partial charge < -0.3 is 9.47 Å². The molecule has 0 aromatic heterocycles. The Morgan fingerprint density at radius 1 is 1.24 bits per heavy atom. The molecule has 0 amide bonds. The largest absolute Gasteiger partial charge is 0.468 e. The van der Waals surface area contributed by atoms with E-state index in [1.54, 1.807) is 12.1 Å². The van der Waals surface area contributed by atoms with Crippen molar-refractivity contribution >= 4 is 23.5 Å². The summed E-state index contributed by atoms with van der Waals surface area (Å²) in [5, 5.41) is 11.1. The highest BCUT2D eigenvalue weighted by atomic mass is 35.5. The third-order valence-corrected chi connectivity index (χ3v) is 3.31. The fourth-order valence-electron chi connectivity index (χ4n) is 2.00. The van der Waals surface area contributed by atoms with Gasteiger partial charge in [-0.1, -0.05) is 29.8 Å². The molecule has 0 saturated heterocycles. The van der Waals surface area contributed by atoms with Crippen molar-refractivity contribution in [1.82, 2.24) is 0 Å². The minimum atomic E-state index is -1.45. The summed E-state index contributed by atoms with van der Waals surface area (Å²) in [5.41, 5.74) is 0.316. The zero-order valence-corrected chi connectivity index (χ0v) is 12.2.